The molecule has 0 bridgehead atoms. The summed E-state index contributed by atoms with van der Waals surface area (Å²) in [7, 11) is 1.30. The first-order chi connectivity index (χ1) is 12.2. The number of rotatable bonds is 2. The number of benzene rings is 3. The molecule has 3 aromatic rings. The third-order valence-corrected chi connectivity index (χ3v) is 4.38. The van der Waals surface area contributed by atoms with Crippen LogP contribution in [0.1, 0.15) is 27.6 Å². The van der Waals surface area contributed by atoms with Gasteiger partial charge < -0.3 is 14.6 Å². The van der Waals surface area contributed by atoms with E-state index in [-0.39, 0.29) is 17.4 Å². The van der Waals surface area contributed by atoms with Crippen LogP contribution in [0.25, 0.3) is 16.8 Å². The van der Waals surface area contributed by atoms with Gasteiger partial charge in [0.2, 0.25) is 0 Å². The molecule has 0 spiro atoms. The highest BCUT2D eigenvalue weighted by Gasteiger charge is 2.27. The van der Waals surface area contributed by atoms with Crippen molar-refractivity contribution in [1.29, 1.82) is 0 Å². The number of hydrogen-bond donors (Lipinski definition) is 1. The largest absolute Gasteiger partial charge is 0.506 e. The van der Waals surface area contributed by atoms with E-state index in [0.717, 1.165) is 10.9 Å². The van der Waals surface area contributed by atoms with Gasteiger partial charge in [-0.1, -0.05) is 54.6 Å². The number of phenolic OH excluding ortho intramolecular Hbond substituents is 1. The lowest BCUT2D eigenvalue weighted by molar-refractivity contribution is 0.0599. The third-order valence-electron chi connectivity index (χ3n) is 4.38. The highest BCUT2D eigenvalue weighted by Crippen LogP contribution is 2.45. The molecule has 0 saturated carbocycles. The first-order valence-corrected chi connectivity index (χ1v) is 7.96. The van der Waals surface area contributed by atoms with Gasteiger partial charge in [-0.25, -0.2) is 4.79 Å². The normalized spacial score (nSPS) is 15.5. The minimum Gasteiger partial charge on any atom is -0.506 e. The number of carbonyl (C=O) groups excluding carboxylic acids is 1. The van der Waals surface area contributed by atoms with Crippen molar-refractivity contribution < 1.29 is 19.4 Å². The summed E-state index contributed by atoms with van der Waals surface area (Å²) in [6, 6.07) is 17.2. The Morgan fingerprint density at radius 2 is 1.72 bits per heavy atom. The van der Waals surface area contributed by atoms with Gasteiger partial charge in [0.1, 0.15) is 23.2 Å². The van der Waals surface area contributed by atoms with Crippen molar-refractivity contribution in [2.75, 3.05) is 7.11 Å². The van der Waals surface area contributed by atoms with Gasteiger partial charge in [0.15, 0.2) is 0 Å². The lowest BCUT2D eigenvalue weighted by Crippen LogP contribution is -2.11. The molecule has 1 aliphatic rings. The van der Waals surface area contributed by atoms with Crippen LogP contribution < -0.4 is 4.74 Å². The van der Waals surface area contributed by atoms with Gasteiger partial charge in [0.05, 0.1) is 12.7 Å². The topological polar surface area (TPSA) is 55.8 Å². The summed E-state index contributed by atoms with van der Waals surface area (Å²) in [5, 5.41) is 12.0. The molecule has 124 valence electrons. The molecule has 0 aliphatic carbocycles. The average molecular weight is 332 g/mol. The first kappa shape index (κ1) is 15.3. The molecule has 0 fully saturated rings. The van der Waals surface area contributed by atoms with Crippen molar-refractivity contribution in [3.63, 3.8) is 0 Å². The molecule has 1 atom stereocenters. The van der Waals surface area contributed by atoms with Gasteiger partial charge in [0, 0.05) is 10.8 Å². The van der Waals surface area contributed by atoms with Crippen LogP contribution in [0, 0.1) is 0 Å². The fourth-order valence-electron chi connectivity index (χ4n) is 3.18. The van der Waals surface area contributed by atoms with E-state index in [9.17, 15) is 9.90 Å². The highest BCUT2D eigenvalue weighted by atomic mass is 16.5. The van der Waals surface area contributed by atoms with Crippen molar-refractivity contribution in [3.05, 3.63) is 77.4 Å². The van der Waals surface area contributed by atoms with Crippen LogP contribution >= 0.6 is 0 Å². The lowest BCUT2D eigenvalue weighted by Gasteiger charge is -2.25. The van der Waals surface area contributed by atoms with Crippen LogP contribution in [0.2, 0.25) is 0 Å². The van der Waals surface area contributed by atoms with Crippen LogP contribution in [0.3, 0.4) is 0 Å². The minimum absolute atomic E-state index is 0.122. The molecular weight excluding hydrogens is 316 g/mol. The number of fused-ring (bicyclic) bond motifs is 3. The van der Waals surface area contributed by atoms with Crippen LogP contribution in [0.4, 0.5) is 0 Å². The molecule has 4 nitrogen and oxygen atoms in total. The molecule has 4 heteroatoms. The van der Waals surface area contributed by atoms with Gasteiger partial charge >= 0.3 is 5.97 Å². The van der Waals surface area contributed by atoms with Crippen molar-refractivity contribution in [1.82, 2.24) is 0 Å². The Balaban J connectivity index is 1.94. The quantitative estimate of drug-likeness (QED) is 0.703. The van der Waals surface area contributed by atoms with Crippen molar-refractivity contribution >= 4 is 22.8 Å². The van der Waals surface area contributed by atoms with E-state index in [4.69, 9.17) is 9.47 Å². The summed E-state index contributed by atoms with van der Waals surface area (Å²) in [5.41, 5.74) is 1.67. The summed E-state index contributed by atoms with van der Waals surface area (Å²) in [4.78, 5) is 12.2. The summed E-state index contributed by atoms with van der Waals surface area (Å²) in [5.74, 6) is -0.129. The van der Waals surface area contributed by atoms with E-state index in [2.05, 4.69) is 0 Å². The van der Waals surface area contributed by atoms with E-state index in [1.165, 1.54) is 7.11 Å². The van der Waals surface area contributed by atoms with E-state index in [0.29, 0.717) is 16.7 Å². The van der Waals surface area contributed by atoms with Crippen LogP contribution in [0.15, 0.2) is 60.7 Å². The minimum atomic E-state index is -0.574. The first-order valence-electron chi connectivity index (χ1n) is 7.96. The molecule has 0 aromatic heterocycles. The van der Waals surface area contributed by atoms with Gasteiger partial charge in [-0.3, -0.25) is 0 Å². The van der Waals surface area contributed by atoms with Gasteiger partial charge in [-0.05, 0) is 17.7 Å². The molecule has 25 heavy (non-hydrogen) atoms. The van der Waals surface area contributed by atoms with Crippen molar-refractivity contribution in [2.24, 2.45) is 0 Å². The predicted octanol–water partition coefficient (Wildman–Crippen LogP) is 4.48. The fraction of sp³-hybridized carbons (Fsp3) is 0.0952. The van der Waals surface area contributed by atoms with Crippen molar-refractivity contribution in [3.8, 4) is 11.5 Å². The van der Waals surface area contributed by atoms with E-state index in [1.54, 1.807) is 12.1 Å². The smallest absolute Gasteiger partial charge is 0.342 e. The summed E-state index contributed by atoms with van der Waals surface area (Å²) >= 11 is 0. The Bertz CT molecular complexity index is 990. The Morgan fingerprint density at radius 3 is 2.44 bits per heavy atom. The van der Waals surface area contributed by atoms with E-state index in [1.807, 2.05) is 54.6 Å². The molecule has 1 unspecified atom stereocenters. The van der Waals surface area contributed by atoms with Crippen LogP contribution in [0.5, 0.6) is 11.5 Å². The monoisotopic (exact) mass is 332 g/mol. The SMILES string of the molecule is COC(=O)c1c(O)c2c(c3ccccc13)OC(c1ccccc1)C=C2. The fourth-order valence-corrected chi connectivity index (χ4v) is 3.18. The van der Waals surface area contributed by atoms with Crippen molar-refractivity contribution in [2.45, 2.75) is 6.10 Å². The highest BCUT2D eigenvalue weighted by molar-refractivity contribution is 6.11. The number of ether oxygens (including phenoxy) is 2. The molecule has 4 rings (SSSR count). The number of aromatic hydroxyl groups is 1. The molecule has 1 aliphatic heterocycles. The molecule has 3 aromatic carbocycles. The van der Waals surface area contributed by atoms with Gasteiger partial charge in [-0.15, -0.1) is 0 Å². The maximum Gasteiger partial charge on any atom is 0.342 e. The molecule has 0 radical (unpaired) electrons. The number of phenols is 1. The number of methoxy groups -OCH3 is 1. The molecule has 0 amide bonds. The number of carbonyl (C=O) groups is 1. The van der Waals surface area contributed by atoms with Crippen LogP contribution in [-0.4, -0.2) is 18.2 Å². The number of esters is 1. The van der Waals surface area contributed by atoms with E-state index < -0.39 is 5.97 Å². The second kappa shape index (κ2) is 5.98. The molecule has 1 N–H and O–H groups in total. The molecule has 1 heterocycles. The Morgan fingerprint density at radius 1 is 1.04 bits per heavy atom. The molecule has 0 saturated heterocycles. The summed E-state index contributed by atoms with van der Waals surface area (Å²) < 4.78 is 11.0. The average Bonchev–Trinajstić information content (AvgIpc) is 2.68. The second-order valence-electron chi connectivity index (χ2n) is 5.81. The second-order valence-corrected chi connectivity index (χ2v) is 5.81. The Hall–Kier alpha value is -3.27. The summed E-state index contributed by atoms with van der Waals surface area (Å²) in [6.07, 6.45) is 3.42. The third kappa shape index (κ3) is 2.43. The van der Waals surface area contributed by atoms with Gasteiger partial charge in [-0.2, -0.15) is 0 Å². The zero-order valence-electron chi connectivity index (χ0n) is 13.6. The Kier molecular flexibility index (Phi) is 3.65. The van der Waals surface area contributed by atoms with Crippen LogP contribution in [-0.2, 0) is 4.74 Å². The van der Waals surface area contributed by atoms with E-state index >= 15 is 0 Å². The number of hydrogen-bond acceptors (Lipinski definition) is 4. The summed E-state index contributed by atoms with van der Waals surface area (Å²) in [6.45, 7) is 0. The Labute approximate surface area is 144 Å². The maximum absolute atomic E-state index is 12.2. The molecular formula is C21H16O4. The zero-order chi connectivity index (χ0) is 17.4. The maximum atomic E-state index is 12.2. The standard InChI is InChI=1S/C21H16O4/c1-24-21(23)18-14-9-5-6-10-15(14)20-16(19(18)22)11-12-17(25-20)13-7-3-2-4-8-13/h2-12,17,22H,1H3. The lowest BCUT2D eigenvalue weighted by atomic mass is 9.95. The predicted molar refractivity (Wildman–Crippen MR) is 95.8 cm³/mol. The zero-order valence-corrected chi connectivity index (χ0v) is 13.6. The van der Waals surface area contributed by atoms with Gasteiger partial charge in [0.25, 0.3) is 0 Å².